The summed E-state index contributed by atoms with van der Waals surface area (Å²) in [6.07, 6.45) is 1.77. The van der Waals surface area contributed by atoms with Gasteiger partial charge in [-0.3, -0.25) is 0 Å². The molecule has 1 aliphatic heterocycles. The van der Waals surface area contributed by atoms with Gasteiger partial charge in [-0.2, -0.15) is 9.57 Å². The van der Waals surface area contributed by atoms with Gasteiger partial charge in [-0.25, -0.2) is 8.42 Å². The average Bonchev–Trinajstić information content (AvgIpc) is 3.09. The monoisotopic (exact) mass is 328 g/mol. The summed E-state index contributed by atoms with van der Waals surface area (Å²) in [6, 6.07) is 13.1. The van der Waals surface area contributed by atoms with Gasteiger partial charge in [0.2, 0.25) is 10.0 Å². The number of phenolic OH excluding ortho intramolecular Hbond substituents is 1. The highest BCUT2D eigenvalue weighted by Gasteiger charge is 2.27. The molecular formula is C17H16N2O3S. The van der Waals surface area contributed by atoms with E-state index in [0.717, 1.165) is 12.8 Å². The number of nitriles is 1. The zero-order valence-electron chi connectivity index (χ0n) is 12.4. The molecule has 3 rings (SSSR count). The Hall–Kier alpha value is -2.36. The average molecular weight is 328 g/mol. The molecule has 118 valence electrons. The van der Waals surface area contributed by atoms with E-state index < -0.39 is 10.0 Å². The quantitative estimate of drug-likeness (QED) is 0.939. The van der Waals surface area contributed by atoms with Crippen molar-refractivity contribution in [3.63, 3.8) is 0 Å². The number of aromatic hydroxyl groups is 1. The maximum atomic E-state index is 12.6. The Morgan fingerprint density at radius 2 is 1.78 bits per heavy atom. The Morgan fingerprint density at radius 1 is 1.04 bits per heavy atom. The van der Waals surface area contributed by atoms with Crippen molar-refractivity contribution in [2.24, 2.45) is 0 Å². The standard InChI is InChI=1S/C17H16N2O3S/c18-12-13-8-15(10-16(20)9-13)14-4-3-5-17(11-14)23(21,22)19-6-1-2-7-19/h3-5,8-11,20H,1-2,6-7H2. The van der Waals surface area contributed by atoms with E-state index >= 15 is 0 Å². The fourth-order valence-corrected chi connectivity index (χ4v) is 4.32. The normalized spacial score (nSPS) is 15.4. The van der Waals surface area contributed by atoms with Crippen molar-refractivity contribution < 1.29 is 13.5 Å². The van der Waals surface area contributed by atoms with Gasteiger partial charge in [-0.1, -0.05) is 12.1 Å². The number of rotatable bonds is 3. The minimum absolute atomic E-state index is 0.0214. The zero-order valence-corrected chi connectivity index (χ0v) is 13.3. The highest BCUT2D eigenvalue weighted by Crippen LogP contribution is 2.29. The van der Waals surface area contributed by atoms with Crippen molar-refractivity contribution in [3.05, 3.63) is 48.0 Å². The second-order valence-electron chi connectivity index (χ2n) is 5.52. The van der Waals surface area contributed by atoms with Gasteiger partial charge in [-0.05, 0) is 54.3 Å². The van der Waals surface area contributed by atoms with Crippen LogP contribution >= 0.6 is 0 Å². The fourth-order valence-electron chi connectivity index (χ4n) is 2.76. The lowest BCUT2D eigenvalue weighted by Crippen LogP contribution is -2.27. The summed E-state index contributed by atoms with van der Waals surface area (Å²) >= 11 is 0. The first kappa shape index (κ1) is 15.5. The highest BCUT2D eigenvalue weighted by atomic mass is 32.2. The third kappa shape index (κ3) is 3.07. The number of phenols is 1. The Balaban J connectivity index is 2.04. The molecule has 0 bridgehead atoms. The molecule has 2 aromatic rings. The van der Waals surface area contributed by atoms with Crippen LogP contribution in [0.5, 0.6) is 5.75 Å². The van der Waals surface area contributed by atoms with Crippen LogP contribution in [0.2, 0.25) is 0 Å². The Labute approximate surface area is 135 Å². The second-order valence-corrected chi connectivity index (χ2v) is 7.46. The van der Waals surface area contributed by atoms with E-state index in [1.165, 1.54) is 16.4 Å². The third-order valence-corrected chi connectivity index (χ3v) is 5.81. The van der Waals surface area contributed by atoms with Gasteiger partial charge < -0.3 is 5.11 Å². The van der Waals surface area contributed by atoms with Crippen molar-refractivity contribution in [3.8, 4) is 22.9 Å². The molecule has 0 amide bonds. The lowest BCUT2D eigenvalue weighted by Gasteiger charge is -2.16. The summed E-state index contributed by atoms with van der Waals surface area (Å²) in [5, 5.41) is 18.7. The van der Waals surface area contributed by atoms with E-state index in [-0.39, 0.29) is 10.6 Å². The van der Waals surface area contributed by atoms with Crippen LogP contribution in [-0.2, 0) is 10.0 Å². The van der Waals surface area contributed by atoms with Crippen molar-refractivity contribution in [2.45, 2.75) is 17.7 Å². The predicted molar refractivity (Wildman–Crippen MR) is 86.3 cm³/mol. The Morgan fingerprint density at radius 3 is 2.48 bits per heavy atom. The Bertz CT molecular complexity index is 879. The molecule has 1 fully saturated rings. The largest absolute Gasteiger partial charge is 0.508 e. The molecule has 0 aliphatic carbocycles. The van der Waals surface area contributed by atoms with Crippen LogP contribution in [0.1, 0.15) is 18.4 Å². The van der Waals surface area contributed by atoms with Gasteiger partial charge in [0.05, 0.1) is 16.5 Å². The summed E-state index contributed by atoms with van der Waals surface area (Å²) in [4.78, 5) is 0.235. The maximum absolute atomic E-state index is 12.6. The minimum atomic E-state index is -3.49. The second kappa shape index (κ2) is 6.03. The molecule has 1 N–H and O–H groups in total. The molecule has 5 nitrogen and oxygen atoms in total. The van der Waals surface area contributed by atoms with Crippen molar-refractivity contribution in [2.75, 3.05) is 13.1 Å². The molecular weight excluding hydrogens is 312 g/mol. The number of sulfonamides is 1. The molecule has 0 unspecified atom stereocenters. The van der Waals surface area contributed by atoms with Gasteiger partial charge in [0.25, 0.3) is 0 Å². The van der Waals surface area contributed by atoms with Crippen LogP contribution in [0.15, 0.2) is 47.4 Å². The number of benzene rings is 2. The molecule has 0 atom stereocenters. The summed E-state index contributed by atoms with van der Waals surface area (Å²) in [5.41, 5.74) is 1.59. The van der Waals surface area contributed by atoms with Crippen LogP contribution in [0.25, 0.3) is 11.1 Å². The SMILES string of the molecule is N#Cc1cc(O)cc(-c2cccc(S(=O)(=O)N3CCCC3)c2)c1. The van der Waals surface area contributed by atoms with Crippen LogP contribution in [0.3, 0.4) is 0 Å². The van der Waals surface area contributed by atoms with Crippen LogP contribution in [0, 0.1) is 11.3 Å². The van der Waals surface area contributed by atoms with Crippen LogP contribution in [0.4, 0.5) is 0 Å². The van der Waals surface area contributed by atoms with Crippen LogP contribution < -0.4 is 0 Å². The first-order valence-electron chi connectivity index (χ1n) is 7.35. The molecule has 1 saturated heterocycles. The molecule has 1 heterocycles. The highest BCUT2D eigenvalue weighted by molar-refractivity contribution is 7.89. The maximum Gasteiger partial charge on any atom is 0.243 e. The van der Waals surface area contributed by atoms with Crippen LogP contribution in [-0.4, -0.2) is 30.9 Å². The third-order valence-electron chi connectivity index (χ3n) is 3.92. The zero-order chi connectivity index (χ0) is 16.4. The van der Waals surface area contributed by atoms with Crippen molar-refractivity contribution in [1.29, 1.82) is 5.26 Å². The van der Waals surface area contributed by atoms with Crippen molar-refractivity contribution >= 4 is 10.0 Å². The van der Waals surface area contributed by atoms with Gasteiger partial charge >= 0.3 is 0 Å². The molecule has 2 aromatic carbocycles. The van der Waals surface area contributed by atoms with Crippen molar-refractivity contribution in [1.82, 2.24) is 4.31 Å². The van der Waals surface area contributed by atoms with Gasteiger partial charge in [0.1, 0.15) is 5.75 Å². The van der Waals surface area contributed by atoms with Gasteiger partial charge in [-0.15, -0.1) is 0 Å². The van der Waals surface area contributed by atoms with E-state index in [4.69, 9.17) is 5.26 Å². The molecule has 23 heavy (non-hydrogen) atoms. The summed E-state index contributed by atoms with van der Waals surface area (Å²) in [7, 11) is -3.49. The molecule has 0 radical (unpaired) electrons. The molecule has 6 heteroatoms. The number of nitrogens with zero attached hydrogens (tertiary/aromatic N) is 2. The lowest BCUT2D eigenvalue weighted by molar-refractivity contribution is 0.475. The molecule has 0 saturated carbocycles. The molecule has 1 aliphatic rings. The van der Waals surface area contributed by atoms with E-state index in [9.17, 15) is 13.5 Å². The summed E-state index contributed by atoms with van der Waals surface area (Å²) in [5.74, 6) is -0.0214. The summed E-state index contributed by atoms with van der Waals surface area (Å²) in [6.45, 7) is 1.11. The smallest absolute Gasteiger partial charge is 0.243 e. The van der Waals surface area contributed by atoms with E-state index in [1.54, 1.807) is 30.3 Å². The Kier molecular flexibility index (Phi) is 4.07. The number of hydrogen-bond acceptors (Lipinski definition) is 4. The lowest BCUT2D eigenvalue weighted by atomic mass is 10.0. The topological polar surface area (TPSA) is 81.4 Å². The first-order chi connectivity index (χ1) is 11.0. The van der Waals surface area contributed by atoms with Gasteiger partial charge in [0, 0.05) is 13.1 Å². The molecule has 0 spiro atoms. The van der Waals surface area contributed by atoms with Gasteiger partial charge in [0.15, 0.2) is 0 Å². The minimum Gasteiger partial charge on any atom is -0.508 e. The fraction of sp³-hybridized carbons (Fsp3) is 0.235. The molecule has 0 aromatic heterocycles. The van der Waals surface area contributed by atoms with E-state index in [1.807, 2.05) is 6.07 Å². The predicted octanol–water partition coefficient (Wildman–Crippen LogP) is 2.72. The number of hydrogen-bond donors (Lipinski definition) is 1. The van der Waals surface area contributed by atoms with E-state index in [0.29, 0.717) is 29.8 Å². The summed E-state index contributed by atoms with van der Waals surface area (Å²) < 4.78 is 26.8. The first-order valence-corrected chi connectivity index (χ1v) is 8.79. The van der Waals surface area contributed by atoms with E-state index in [2.05, 4.69) is 0 Å².